The Balaban J connectivity index is 2.38. The van der Waals surface area contributed by atoms with E-state index in [0.717, 1.165) is 25.2 Å². The second-order valence-corrected chi connectivity index (χ2v) is 4.41. The van der Waals surface area contributed by atoms with E-state index in [0.29, 0.717) is 10.6 Å². The van der Waals surface area contributed by atoms with Gasteiger partial charge in [-0.05, 0) is 25.5 Å². The highest BCUT2D eigenvalue weighted by Crippen LogP contribution is 2.28. The third-order valence-corrected chi connectivity index (χ3v) is 3.09. The van der Waals surface area contributed by atoms with Gasteiger partial charge in [0.2, 0.25) is 0 Å². The Morgan fingerprint density at radius 2 is 2.25 bits per heavy atom. The highest BCUT2D eigenvalue weighted by molar-refractivity contribution is 6.32. The van der Waals surface area contributed by atoms with Crippen molar-refractivity contribution in [1.29, 1.82) is 5.26 Å². The molecule has 16 heavy (non-hydrogen) atoms. The van der Waals surface area contributed by atoms with E-state index in [2.05, 4.69) is 24.0 Å². The normalized spacial score (nSPS) is 15.6. The number of hydrogen-bond donors (Lipinski definition) is 0. The largest absolute Gasteiger partial charge is 0.366 e. The van der Waals surface area contributed by atoms with Crippen LogP contribution in [0, 0.1) is 11.3 Å². The summed E-state index contributed by atoms with van der Waals surface area (Å²) in [5, 5.41) is 9.65. The molecule has 0 saturated heterocycles. The van der Waals surface area contributed by atoms with Gasteiger partial charge < -0.3 is 4.90 Å². The standard InChI is InChI=1S/C13H13ClN2/c1-10-4-3-7-16(9-10)13-6-2-5-12(14)11(13)8-15/h2,4-6H,3,7,9H2,1H3. The number of anilines is 1. The zero-order valence-electron chi connectivity index (χ0n) is 9.20. The fourth-order valence-corrected chi connectivity index (χ4v) is 2.22. The average molecular weight is 233 g/mol. The van der Waals surface area contributed by atoms with Crippen molar-refractivity contribution in [3.8, 4) is 6.07 Å². The van der Waals surface area contributed by atoms with Crippen LogP contribution in [0.25, 0.3) is 0 Å². The molecular formula is C13H13ClN2. The molecule has 0 spiro atoms. The lowest BCUT2D eigenvalue weighted by atomic mass is 10.1. The summed E-state index contributed by atoms with van der Waals surface area (Å²) in [7, 11) is 0. The lowest BCUT2D eigenvalue weighted by Crippen LogP contribution is -2.29. The van der Waals surface area contributed by atoms with Gasteiger partial charge >= 0.3 is 0 Å². The first kappa shape index (κ1) is 11.0. The van der Waals surface area contributed by atoms with Crippen molar-refractivity contribution in [2.45, 2.75) is 13.3 Å². The minimum atomic E-state index is 0.534. The molecule has 0 atom stereocenters. The summed E-state index contributed by atoms with van der Waals surface area (Å²) in [5.41, 5.74) is 2.87. The lowest BCUT2D eigenvalue weighted by Gasteiger charge is -2.29. The molecule has 0 amide bonds. The first-order valence-electron chi connectivity index (χ1n) is 5.31. The van der Waals surface area contributed by atoms with E-state index in [1.54, 1.807) is 6.07 Å². The van der Waals surface area contributed by atoms with Gasteiger partial charge in [-0.3, -0.25) is 0 Å². The molecule has 1 aromatic rings. The summed E-state index contributed by atoms with van der Waals surface area (Å²) in [4.78, 5) is 2.21. The van der Waals surface area contributed by atoms with Crippen LogP contribution in [0.1, 0.15) is 18.9 Å². The monoisotopic (exact) mass is 232 g/mol. The summed E-state index contributed by atoms with van der Waals surface area (Å²) >= 11 is 6.02. The Morgan fingerprint density at radius 3 is 2.94 bits per heavy atom. The van der Waals surface area contributed by atoms with Crippen molar-refractivity contribution >= 4 is 17.3 Å². The van der Waals surface area contributed by atoms with E-state index in [1.165, 1.54) is 5.57 Å². The van der Waals surface area contributed by atoms with E-state index < -0.39 is 0 Å². The summed E-state index contributed by atoms with van der Waals surface area (Å²) in [6.45, 7) is 3.95. The van der Waals surface area contributed by atoms with Crippen molar-refractivity contribution in [2.75, 3.05) is 18.0 Å². The Morgan fingerprint density at radius 1 is 1.44 bits per heavy atom. The molecule has 82 valence electrons. The van der Waals surface area contributed by atoms with Crippen LogP contribution in [-0.2, 0) is 0 Å². The van der Waals surface area contributed by atoms with Crippen LogP contribution in [0.2, 0.25) is 5.02 Å². The molecule has 2 rings (SSSR count). The van der Waals surface area contributed by atoms with E-state index in [9.17, 15) is 0 Å². The van der Waals surface area contributed by atoms with E-state index in [-0.39, 0.29) is 0 Å². The molecule has 0 unspecified atom stereocenters. The van der Waals surface area contributed by atoms with Crippen LogP contribution in [0.15, 0.2) is 29.8 Å². The predicted molar refractivity (Wildman–Crippen MR) is 66.8 cm³/mol. The Hall–Kier alpha value is -1.46. The predicted octanol–water partition coefficient (Wildman–Crippen LogP) is 3.37. The van der Waals surface area contributed by atoms with Crippen molar-refractivity contribution in [3.05, 3.63) is 40.4 Å². The van der Waals surface area contributed by atoms with E-state index in [1.807, 2.05) is 12.1 Å². The summed E-state index contributed by atoms with van der Waals surface area (Å²) in [5.74, 6) is 0. The van der Waals surface area contributed by atoms with Gasteiger partial charge in [-0.2, -0.15) is 5.26 Å². The van der Waals surface area contributed by atoms with Crippen LogP contribution in [-0.4, -0.2) is 13.1 Å². The molecule has 0 radical (unpaired) electrons. The second kappa shape index (κ2) is 4.59. The quantitative estimate of drug-likeness (QED) is 0.695. The first-order chi connectivity index (χ1) is 7.72. The Bertz CT molecular complexity index is 471. The van der Waals surface area contributed by atoms with Gasteiger partial charge in [0.15, 0.2) is 0 Å². The average Bonchev–Trinajstić information content (AvgIpc) is 2.28. The molecular weight excluding hydrogens is 220 g/mol. The molecule has 0 aromatic heterocycles. The molecule has 0 aliphatic carbocycles. The zero-order chi connectivity index (χ0) is 11.5. The lowest BCUT2D eigenvalue weighted by molar-refractivity contribution is 0.790. The summed E-state index contributed by atoms with van der Waals surface area (Å²) < 4.78 is 0. The maximum Gasteiger partial charge on any atom is 0.103 e. The Kier molecular flexibility index (Phi) is 3.17. The molecule has 1 aliphatic rings. The molecule has 1 aliphatic heterocycles. The molecule has 0 bridgehead atoms. The molecule has 0 N–H and O–H groups in total. The van der Waals surface area contributed by atoms with Gasteiger partial charge in [-0.1, -0.05) is 29.3 Å². The number of benzene rings is 1. The second-order valence-electron chi connectivity index (χ2n) is 4.01. The number of rotatable bonds is 1. The number of nitrogens with zero attached hydrogens (tertiary/aromatic N) is 2. The van der Waals surface area contributed by atoms with Crippen LogP contribution in [0.4, 0.5) is 5.69 Å². The topological polar surface area (TPSA) is 27.0 Å². The smallest absolute Gasteiger partial charge is 0.103 e. The minimum absolute atomic E-state index is 0.534. The zero-order valence-corrected chi connectivity index (χ0v) is 9.96. The molecule has 0 saturated carbocycles. The van der Waals surface area contributed by atoms with Crippen LogP contribution >= 0.6 is 11.6 Å². The summed E-state index contributed by atoms with van der Waals surface area (Å²) in [6, 6.07) is 7.80. The number of nitriles is 1. The van der Waals surface area contributed by atoms with Crippen molar-refractivity contribution < 1.29 is 0 Å². The number of hydrogen-bond acceptors (Lipinski definition) is 2. The van der Waals surface area contributed by atoms with E-state index in [4.69, 9.17) is 16.9 Å². The molecule has 0 fully saturated rings. The van der Waals surface area contributed by atoms with Crippen molar-refractivity contribution in [3.63, 3.8) is 0 Å². The van der Waals surface area contributed by atoms with Gasteiger partial charge in [-0.25, -0.2) is 0 Å². The van der Waals surface area contributed by atoms with Crippen LogP contribution < -0.4 is 4.90 Å². The minimum Gasteiger partial charge on any atom is -0.366 e. The highest BCUT2D eigenvalue weighted by Gasteiger charge is 2.15. The maximum atomic E-state index is 9.12. The van der Waals surface area contributed by atoms with Gasteiger partial charge in [0, 0.05) is 13.1 Å². The van der Waals surface area contributed by atoms with Crippen LogP contribution in [0.3, 0.4) is 0 Å². The Labute approximate surface area is 101 Å². The van der Waals surface area contributed by atoms with Gasteiger partial charge in [0.25, 0.3) is 0 Å². The van der Waals surface area contributed by atoms with Crippen LogP contribution in [0.5, 0.6) is 0 Å². The van der Waals surface area contributed by atoms with E-state index >= 15 is 0 Å². The van der Waals surface area contributed by atoms with Crippen molar-refractivity contribution in [2.24, 2.45) is 0 Å². The molecule has 2 nitrogen and oxygen atoms in total. The molecule has 1 heterocycles. The number of halogens is 1. The summed E-state index contributed by atoms with van der Waals surface area (Å²) in [6.07, 6.45) is 3.27. The van der Waals surface area contributed by atoms with Gasteiger partial charge in [0.05, 0.1) is 16.3 Å². The van der Waals surface area contributed by atoms with Gasteiger partial charge in [-0.15, -0.1) is 0 Å². The highest BCUT2D eigenvalue weighted by atomic mass is 35.5. The fourth-order valence-electron chi connectivity index (χ4n) is 2.00. The fraction of sp³-hybridized carbons (Fsp3) is 0.308. The third kappa shape index (κ3) is 2.05. The molecule has 3 heteroatoms. The van der Waals surface area contributed by atoms with Gasteiger partial charge in [0.1, 0.15) is 6.07 Å². The third-order valence-electron chi connectivity index (χ3n) is 2.78. The van der Waals surface area contributed by atoms with Crippen molar-refractivity contribution in [1.82, 2.24) is 0 Å². The maximum absolute atomic E-state index is 9.12. The first-order valence-corrected chi connectivity index (χ1v) is 5.69. The molecule has 1 aromatic carbocycles. The SMILES string of the molecule is CC1=CCCN(c2cccc(Cl)c2C#N)C1.